The highest BCUT2D eigenvalue weighted by atomic mass is 19.4. The van der Waals surface area contributed by atoms with Crippen LogP contribution in [0, 0.1) is 5.92 Å². The zero-order valence-corrected chi connectivity index (χ0v) is 19.0. The Morgan fingerprint density at radius 3 is 2.15 bits per heavy atom. The van der Waals surface area contributed by atoms with E-state index in [-0.39, 0.29) is 12.2 Å². The van der Waals surface area contributed by atoms with Gasteiger partial charge >= 0.3 is 18.2 Å². The van der Waals surface area contributed by atoms with Crippen LogP contribution in [-0.2, 0) is 38.3 Å². The molecule has 0 aliphatic heterocycles. The average molecular weight is 480 g/mol. The van der Waals surface area contributed by atoms with Gasteiger partial charge in [0.15, 0.2) is 0 Å². The Bertz CT molecular complexity index is 980. The van der Waals surface area contributed by atoms with Gasteiger partial charge < -0.3 is 20.1 Å². The summed E-state index contributed by atoms with van der Waals surface area (Å²) in [5.41, 5.74) is -0.347. The van der Waals surface area contributed by atoms with E-state index in [9.17, 15) is 27.6 Å². The number of carbonyl (C=O) groups excluding carboxylic acids is 3. The van der Waals surface area contributed by atoms with Crippen molar-refractivity contribution in [1.82, 2.24) is 10.6 Å². The van der Waals surface area contributed by atoms with Crippen molar-refractivity contribution in [3.63, 3.8) is 0 Å². The third kappa shape index (κ3) is 7.79. The number of esters is 1. The number of carbonyl (C=O) groups is 3. The van der Waals surface area contributed by atoms with Crippen molar-refractivity contribution < 1.29 is 37.0 Å². The number of hydrogen-bond donors (Lipinski definition) is 2. The molecule has 2 atom stereocenters. The summed E-state index contributed by atoms with van der Waals surface area (Å²) < 4.78 is 49.9. The number of alkyl halides is 3. The largest absolute Gasteiger partial charge is 0.467 e. The van der Waals surface area contributed by atoms with E-state index in [2.05, 4.69) is 15.4 Å². The molecule has 2 aromatic rings. The zero-order valence-electron chi connectivity index (χ0n) is 19.0. The van der Waals surface area contributed by atoms with Crippen molar-refractivity contribution >= 4 is 18.0 Å². The summed E-state index contributed by atoms with van der Waals surface area (Å²) in [6.07, 6.45) is -5.93. The van der Waals surface area contributed by atoms with Gasteiger partial charge in [0, 0.05) is 6.42 Å². The number of benzene rings is 2. The van der Waals surface area contributed by atoms with Crippen molar-refractivity contribution in [2.24, 2.45) is 5.92 Å². The number of ether oxygens (including phenoxy) is 2. The van der Waals surface area contributed by atoms with Gasteiger partial charge in [0.1, 0.15) is 18.7 Å². The fraction of sp³-hybridized carbons (Fsp3) is 0.375. The van der Waals surface area contributed by atoms with Crippen molar-refractivity contribution in [3.05, 3.63) is 71.3 Å². The van der Waals surface area contributed by atoms with Crippen molar-refractivity contribution in [3.8, 4) is 0 Å². The quantitative estimate of drug-likeness (QED) is 0.532. The molecule has 0 saturated heterocycles. The van der Waals surface area contributed by atoms with Crippen LogP contribution in [0.3, 0.4) is 0 Å². The van der Waals surface area contributed by atoms with E-state index in [1.54, 1.807) is 38.1 Å². The minimum atomic E-state index is -4.63. The molecule has 0 bridgehead atoms. The number of hydrogen-bond acceptors (Lipinski definition) is 5. The van der Waals surface area contributed by atoms with Crippen molar-refractivity contribution in [2.75, 3.05) is 7.11 Å². The highest BCUT2D eigenvalue weighted by Crippen LogP contribution is 2.32. The molecule has 0 aliphatic carbocycles. The maximum atomic E-state index is 13.4. The van der Waals surface area contributed by atoms with Gasteiger partial charge in [-0.1, -0.05) is 62.4 Å². The Kier molecular flexibility index (Phi) is 9.47. The number of amides is 2. The Hall–Kier alpha value is -3.56. The molecular weight excluding hydrogens is 453 g/mol. The van der Waals surface area contributed by atoms with E-state index in [1.165, 1.54) is 18.2 Å². The van der Waals surface area contributed by atoms with Gasteiger partial charge in [0.05, 0.1) is 12.7 Å². The van der Waals surface area contributed by atoms with E-state index in [1.807, 2.05) is 6.07 Å². The number of rotatable bonds is 9. The van der Waals surface area contributed by atoms with Crippen LogP contribution in [0.4, 0.5) is 18.0 Å². The minimum absolute atomic E-state index is 0.0158. The minimum Gasteiger partial charge on any atom is -0.467 e. The second-order valence-corrected chi connectivity index (χ2v) is 7.87. The standard InChI is InChI=1S/C24H27F3N2O5/c1-15(2)20(29-23(32)34-14-16-9-5-4-6-10-16)21(30)28-19(22(31)33-3)13-17-11-7-8-12-18(17)24(25,26)27/h4-12,15,19-20H,13-14H2,1-3H3,(H,28,30)(H,29,32)/t19-,20-/m1/s1. The molecule has 34 heavy (non-hydrogen) atoms. The molecule has 0 radical (unpaired) electrons. The third-order valence-corrected chi connectivity index (χ3v) is 4.98. The van der Waals surface area contributed by atoms with Crippen LogP contribution in [0.5, 0.6) is 0 Å². The van der Waals surface area contributed by atoms with E-state index < -0.39 is 54.1 Å². The van der Waals surface area contributed by atoms with Crippen LogP contribution in [0.25, 0.3) is 0 Å². The molecule has 10 heteroatoms. The topological polar surface area (TPSA) is 93.7 Å². The molecule has 2 N–H and O–H groups in total. The summed E-state index contributed by atoms with van der Waals surface area (Å²) in [4.78, 5) is 37.4. The highest BCUT2D eigenvalue weighted by molar-refractivity contribution is 5.90. The molecule has 2 amide bonds. The van der Waals surface area contributed by atoms with Crippen molar-refractivity contribution in [1.29, 1.82) is 0 Å². The van der Waals surface area contributed by atoms with Gasteiger partial charge in [-0.15, -0.1) is 0 Å². The monoisotopic (exact) mass is 480 g/mol. The molecule has 0 spiro atoms. The molecule has 0 unspecified atom stereocenters. The number of alkyl carbamates (subject to hydrolysis) is 1. The molecule has 2 aromatic carbocycles. The first-order valence-corrected chi connectivity index (χ1v) is 10.5. The first-order valence-electron chi connectivity index (χ1n) is 10.5. The number of methoxy groups -OCH3 is 1. The second-order valence-electron chi connectivity index (χ2n) is 7.87. The number of nitrogens with one attached hydrogen (secondary N) is 2. The summed E-state index contributed by atoms with van der Waals surface area (Å²) in [5.74, 6) is -2.09. The first-order chi connectivity index (χ1) is 16.0. The van der Waals surface area contributed by atoms with Gasteiger partial charge in [0.2, 0.25) is 5.91 Å². The Morgan fingerprint density at radius 1 is 0.941 bits per heavy atom. The Balaban J connectivity index is 2.11. The molecule has 7 nitrogen and oxygen atoms in total. The summed E-state index contributed by atoms with van der Waals surface area (Å²) in [6.45, 7) is 3.31. The van der Waals surface area contributed by atoms with Gasteiger partial charge in [0.25, 0.3) is 0 Å². The lowest BCUT2D eigenvalue weighted by molar-refractivity contribution is -0.146. The van der Waals surface area contributed by atoms with E-state index >= 15 is 0 Å². The van der Waals surface area contributed by atoms with Crippen molar-refractivity contribution in [2.45, 2.75) is 45.1 Å². The zero-order chi connectivity index (χ0) is 25.3. The normalized spacial score (nSPS) is 13.0. The van der Waals surface area contributed by atoms with Crippen LogP contribution in [0.15, 0.2) is 54.6 Å². The predicted octanol–water partition coefficient (Wildman–Crippen LogP) is 3.86. The third-order valence-electron chi connectivity index (χ3n) is 4.98. The SMILES string of the molecule is COC(=O)[C@@H](Cc1ccccc1C(F)(F)F)NC(=O)[C@H](NC(=O)OCc1ccccc1)C(C)C. The molecular formula is C24H27F3N2O5. The summed E-state index contributed by atoms with van der Waals surface area (Å²) in [7, 11) is 1.07. The Labute approximate surface area is 195 Å². The highest BCUT2D eigenvalue weighted by Gasteiger charge is 2.35. The fourth-order valence-corrected chi connectivity index (χ4v) is 3.22. The fourth-order valence-electron chi connectivity index (χ4n) is 3.22. The van der Waals surface area contributed by atoms with Gasteiger partial charge in [-0.05, 0) is 23.1 Å². The van der Waals surface area contributed by atoms with E-state index in [0.29, 0.717) is 0 Å². The maximum absolute atomic E-state index is 13.4. The number of halogens is 3. The van der Waals surface area contributed by atoms with Crippen LogP contribution >= 0.6 is 0 Å². The average Bonchev–Trinajstić information content (AvgIpc) is 2.80. The lowest BCUT2D eigenvalue weighted by Crippen LogP contribution is -2.54. The second kappa shape index (κ2) is 12.1. The van der Waals surface area contributed by atoms with Crippen LogP contribution in [-0.4, -0.2) is 37.2 Å². The molecule has 0 fully saturated rings. The lowest BCUT2D eigenvalue weighted by Gasteiger charge is -2.25. The summed E-state index contributed by atoms with van der Waals surface area (Å²) >= 11 is 0. The Morgan fingerprint density at radius 2 is 1.56 bits per heavy atom. The predicted molar refractivity (Wildman–Crippen MR) is 117 cm³/mol. The molecule has 0 saturated carbocycles. The maximum Gasteiger partial charge on any atom is 0.416 e. The van der Waals surface area contributed by atoms with Crippen LogP contribution in [0.2, 0.25) is 0 Å². The molecule has 0 heterocycles. The molecule has 2 rings (SSSR count). The molecule has 184 valence electrons. The van der Waals surface area contributed by atoms with Crippen LogP contribution < -0.4 is 10.6 Å². The van der Waals surface area contributed by atoms with E-state index in [0.717, 1.165) is 18.7 Å². The van der Waals surface area contributed by atoms with Gasteiger partial charge in [-0.2, -0.15) is 13.2 Å². The first kappa shape index (κ1) is 26.7. The smallest absolute Gasteiger partial charge is 0.416 e. The molecule has 0 aliphatic rings. The van der Waals surface area contributed by atoms with Crippen LogP contribution in [0.1, 0.15) is 30.5 Å². The lowest BCUT2D eigenvalue weighted by atomic mass is 9.98. The molecule has 0 aromatic heterocycles. The van der Waals surface area contributed by atoms with Gasteiger partial charge in [-0.25, -0.2) is 9.59 Å². The van der Waals surface area contributed by atoms with E-state index in [4.69, 9.17) is 4.74 Å². The van der Waals surface area contributed by atoms with Gasteiger partial charge in [-0.3, -0.25) is 4.79 Å². The summed E-state index contributed by atoms with van der Waals surface area (Å²) in [5, 5.41) is 4.85. The summed E-state index contributed by atoms with van der Waals surface area (Å²) in [6, 6.07) is 11.2.